The average Bonchev–Trinajstić information content (AvgIpc) is 2.87. The molecule has 1 aliphatic heterocycles. The summed E-state index contributed by atoms with van der Waals surface area (Å²) >= 11 is 0. The van der Waals surface area contributed by atoms with E-state index in [1.807, 2.05) is 34.6 Å². The summed E-state index contributed by atoms with van der Waals surface area (Å²) in [6.07, 6.45) is 0.245. The molecular formula is C17H25NO6S. The van der Waals surface area contributed by atoms with E-state index >= 15 is 0 Å². The number of nitrogens with one attached hydrogen (secondary N) is 1. The van der Waals surface area contributed by atoms with Crippen molar-refractivity contribution in [2.45, 2.75) is 51.6 Å². The van der Waals surface area contributed by atoms with Gasteiger partial charge in [0.25, 0.3) is 10.1 Å². The Kier molecular flexibility index (Phi) is 3.73. The van der Waals surface area contributed by atoms with Crippen LogP contribution in [0.25, 0.3) is 0 Å². The number of rotatable bonds is 4. The van der Waals surface area contributed by atoms with Crippen LogP contribution in [0.15, 0.2) is 12.7 Å². The fraction of sp³-hybridized carbons (Fsp3) is 0.765. The van der Waals surface area contributed by atoms with E-state index in [0.29, 0.717) is 0 Å². The van der Waals surface area contributed by atoms with Gasteiger partial charge in [0.15, 0.2) is 0 Å². The van der Waals surface area contributed by atoms with Gasteiger partial charge in [0, 0.05) is 11.3 Å². The molecule has 1 N–H and O–H groups in total. The Balaban J connectivity index is 1.95. The number of ether oxygens (including phenoxy) is 1. The second kappa shape index (κ2) is 5.07. The monoisotopic (exact) mass is 371 g/mol. The van der Waals surface area contributed by atoms with Crippen molar-refractivity contribution in [1.29, 1.82) is 0 Å². The van der Waals surface area contributed by atoms with Crippen molar-refractivity contribution in [2.24, 2.45) is 22.7 Å². The summed E-state index contributed by atoms with van der Waals surface area (Å²) in [6.45, 7) is 12.8. The highest BCUT2D eigenvalue weighted by Crippen LogP contribution is 2.77. The van der Waals surface area contributed by atoms with Gasteiger partial charge in [0.2, 0.25) is 5.91 Å². The number of hydrogen-bond donors (Lipinski definition) is 1. The zero-order chi connectivity index (χ0) is 19.0. The molecule has 6 atom stereocenters. The van der Waals surface area contributed by atoms with Gasteiger partial charge in [-0.05, 0) is 24.3 Å². The van der Waals surface area contributed by atoms with Gasteiger partial charge in [0.1, 0.15) is 17.9 Å². The fourth-order valence-corrected chi connectivity index (χ4v) is 8.14. The minimum Gasteiger partial charge on any atom is -0.459 e. The lowest BCUT2D eigenvalue weighted by atomic mass is 9.65. The van der Waals surface area contributed by atoms with Crippen molar-refractivity contribution >= 4 is 22.0 Å². The van der Waals surface area contributed by atoms with Gasteiger partial charge >= 0.3 is 5.97 Å². The van der Waals surface area contributed by atoms with Crippen molar-refractivity contribution in [3.63, 3.8) is 0 Å². The zero-order valence-electron chi connectivity index (χ0n) is 15.2. The maximum Gasteiger partial charge on any atom is 0.325 e. The highest BCUT2D eigenvalue weighted by Gasteiger charge is 2.85. The summed E-state index contributed by atoms with van der Waals surface area (Å²) in [6, 6.07) is 0. The van der Waals surface area contributed by atoms with Gasteiger partial charge in [-0.15, -0.1) is 0 Å². The minimum atomic E-state index is -3.84. The third-order valence-electron chi connectivity index (χ3n) is 7.24. The smallest absolute Gasteiger partial charge is 0.325 e. The Morgan fingerprint density at radius 1 is 1.28 bits per heavy atom. The Morgan fingerprint density at radius 3 is 2.44 bits per heavy atom. The number of hydrogen-bond acceptors (Lipinski definition) is 6. The SMILES string of the molecule is C=CC(=O)NCC(=O)OC1C2C3C(C)(OS2(=O)=O)C(C)C1(C)C3(C)C. The van der Waals surface area contributed by atoms with Crippen LogP contribution in [0.5, 0.6) is 0 Å². The van der Waals surface area contributed by atoms with Crippen LogP contribution in [0.1, 0.15) is 34.6 Å². The number of esters is 1. The Hall–Kier alpha value is -1.41. The second-order valence-electron chi connectivity index (χ2n) is 8.26. The predicted octanol–water partition coefficient (Wildman–Crippen LogP) is 1.000. The molecular weight excluding hydrogens is 346 g/mol. The molecule has 0 aromatic heterocycles. The maximum absolute atomic E-state index is 12.7. The largest absolute Gasteiger partial charge is 0.459 e. The first kappa shape index (κ1) is 18.4. The summed E-state index contributed by atoms with van der Waals surface area (Å²) < 4.78 is 36.5. The van der Waals surface area contributed by atoms with Gasteiger partial charge in [-0.2, -0.15) is 8.42 Å². The first-order valence-corrected chi connectivity index (χ1v) is 9.85. The molecule has 0 radical (unpaired) electrons. The molecule has 1 heterocycles. The molecule has 2 saturated carbocycles. The van der Waals surface area contributed by atoms with Crippen LogP contribution in [-0.2, 0) is 28.6 Å². The van der Waals surface area contributed by atoms with Crippen LogP contribution < -0.4 is 5.32 Å². The molecule has 140 valence electrons. The standard InChI is InChI=1S/C17H25NO6S/c1-7-10(19)18-8-11(20)23-14-12-13-15(3,4)16(14,5)9(2)17(13,6)24-25(12,21)22/h7,9,12-14H,1,8H2,2-6H3,(H,18,19). The van der Waals surface area contributed by atoms with Crippen LogP contribution >= 0.6 is 0 Å². The third-order valence-corrected chi connectivity index (χ3v) is 9.02. The molecule has 7 nitrogen and oxygen atoms in total. The highest BCUT2D eigenvalue weighted by molar-refractivity contribution is 7.87. The summed E-state index contributed by atoms with van der Waals surface area (Å²) in [5.74, 6) is -1.53. The Bertz CT molecular complexity index is 759. The van der Waals surface area contributed by atoms with Crippen LogP contribution in [0, 0.1) is 22.7 Å². The van der Waals surface area contributed by atoms with E-state index in [4.69, 9.17) is 8.92 Å². The van der Waals surface area contributed by atoms with Gasteiger partial charge < -0.3 is 10.1 Å². The molecule has 0 spiro atoms. The van der Waals surface area contributed by atoms with Crippen LogP contribution in [0.3, 0.4) is 0 Å². The van der Waals surface area contributed by atoms with E-state index in [1.54, 1.807) is 0 Å². The lowest BCUT2D eigenvalue weighted by Crippen LogP contribution is -2.52. The lowest BCUT2D eigenvalue weighted by Gasteiger charge is -2.43. The number of fused-ring (bicyclic) bond motifs is 1. The molecule has 2 bridgehead atoms. The summed E-state index contributed by atoms with van der Waals surface area (Å²) in [5.41, 5.74) is -1.73. The van der Waals surface area contributed by atoms with Crippen molar-refractivity contribution in [1.82, 2.24) is 5.32 Å². The first-order chi connectivity index (χ1) is 11.3. The minimum absolute atomic E-state index is 0.117. The van der Waals surface area contributed by atoms with Gasteiger partial charge in [-0.3, -0.25) is 13.8 Å². The molecule has 1 amide bonds. The quantitative estimate of drug-likeness (QED) is 0.450. The molecule has 2 aliphatic carbocycles. The van der Waals surface area contributed by atoms with Crippen molar-refractivity contribution in [3.05, 3.63) is 12.7 Å². The van der Waals surface area contributed by atoms with E-state index in [2.05, 4.69) is 11.9 Å². The Labute approximate surface area is 148 Å². The predicted molar refractivity (Wildman–Crippen MR) is 89.8 cm³/mol. The molecule has 8 heteroatoms. The second-order valence-corrected chi connectivity index (χ2v) is 9.96. The molecule has 3 fully saturated rings. The maximum atomic E-state index is 12.7. The first-order valence-electron chi connectivity index (χ1n) is 8.38. The van der Waals surface area contributed by atoms with Crippen molar-refractivity contribution < 1.29 is 26.9 Å². The fourth-order valence-electron chi connectivity index (χ4n) is 5.69. The molecule has 1 saturated heterocycles. The van der Waals surface area contributed by atoms with E-state index in [1.165, 1.54) is 0 Å². The van der Waals surface area contributed by atoms with Crippen molar-refractivity contribution in [2.75, 3.05) is 6.54 Å². The normalized spacial score (nSPS) is 45.2. The summed E-state index contributed by atoms with van der Waals surface area (Å²) in [4.78, 5) is 23.4. The van der Waals surface area contributed by atoms with Crippen molar-refractivity contribution in [3.8, 4) is 0 Å². The van der Waals surface area contributed by atoms with Crippen LogP contribution in [0.4, 0.5) is 0 Å². The number of carbonyl (C=O) groups is 2. The van der Waals surface area contributed by atoms with E-state index in [-0.39, 0.29) is 23.8 Å². The molecule has 25 heavy (non-hydrogen) atoms. The van der Waals surface area contributed by atoms with Gasteiger partial charge in [-0.1, -0.05) is 34.3 Å². The zero-order valence-corrected chi connectivity index (χ0v) is 16.0. The average molecular weight is 371 g/mol. The lowest BCUT2D eigenvalue weighted by molar-refractivity contribution is -0.161. The van der Waals surface area contributed by atoms with E-state index in [9.17, 15) is 18.0 Å². The van der Waals surface area contributed by atoms with Gasteiger partial charge in [-0.25, -0.2) is 0 Å². The summed E-state index contributed by atoms with van der Waals surface area (Å²) in [7, 11) is -3.84. The molecule has 3 rings (SSSR count). The topological polar surface area (TPSA) is 98.8 Å². The van der Waals surface area contributed by atoms with Crippen LogP contribution in [-0.4, -0.2) is 43.8 Å². The van der Waals surface area contributed by atoms with Crippen LogP contribution in [0.2, 0.25) is 0 Å². The molecule has 0 aromatic carbocycles. The number of amides is 1. The van der Waals surface area contributed by atoms with Gasteiger partial charge in [0.05, 0.1) is 5.60 Å². The Morgan fingerprint density at radius 2 is 1.88 bits per heavy atom. The summed E-state index contributed by atoms with van der Waals surface area (Å²) in [5, 5.41) is 1.47. The van der Waals surface area contributed by atoms with E-state index < -0.39 is 44.4 Å². The molecule has 0 aromatic rings. The van der Waals surface area contributed by atoms with E-state index in [0.717, 1.165) is 6.08 Å². The molecule has 6 unspecified atom stereocenters. The number of carbonyl (C=O) groups excluding carboxylic acids is 2. The third kappa shape index (κ3) is 2.04. The molecule has 3 aliphatic rings. The highest BCUT2D eigenvalue weighted by atomic mass is 32.2.